The van der Waals surface area contributed by atoms with Gasteiger partial charge in [0.05, 0.1) is 5.41 Å². The molecule has 0 aromatic heterocycles. The maximum atomic E-state index is 11.8. The van der Waals surface area contributed by atoms with Crippen LogP contribution in [-0.2, 0) is 10.2 Å². The second-order valence-electron chi connectivity index (χ2n) is 4.91. The zero-order valence-corrected chi connectivity index (χ0v) is 11.8. The van der Waals surface area contributed by atoms with Crippen LogP contribution in [0.5, 0.6) is 0 Å². The minimum absolute atomic E-state index is 0.0595. The number of anilines is 1. The predicted octanol–water partition coefficient (Wildman–Crippen LogP) is 3.70. The Bertz CT molecular complexity index is 445. The van der Waals surface area contributed by atoms with Gasteiger partial charge in [0, 0.05) is 10.7 Å². The zero-order valence-electron chi connectivity index (χ0n) is 11.0. The standard InChI is InChI=1S/C14H20ClNO2/c1-4-7-14(9(2)3,13(17)18)11-8-10(15)5-6-12(11)16/h5-6,8-9H,4,7,16H2,1-3H3,(H,17,18). The largest absolute Gasteiger partial charge is 0.481 e. The summed E-state index contributed by atoms with van der Waals surface area (Å²) in [4.78, 5) is 11.8. The molecule has 4 heteroatoms. The lowest BCUT2D eigenvalue weighted by Crippen LogP contribution is -2.41. The molecule has 1 aromatic carbocycles. The van der Waals surface area contributed by atoms with Crippen LogP contribution in [0.25, 0.3) is 0 Å². The van der Waals surface area contributed by atoms with Crippen LogP contribution in [0.4, 0.5) is 5.69 Å². The number of nitrogens with two attached hydrogens (primary N) is 1. The van der Waals surface area contributed by atoms with Gasteiger partial charge >= 0.3 is 5.97 Å². The van der Waals surface area contributed by atoms with Crippen molar-refractivity contribution in [1.82, 2.24) is 0 Å². The molecule has 1 atom stereocenters. The maximum Gasteiger partial charge on any atom is 0.314 e. The Balaban J connectivity index is 3.50. The third-order valence-electron chi connectivity index (χ3n) is 3.51. The fraction of sp³-hybridized carbons (Fsp3) is 0.500. The first-order valence-electron chi connectivity index (χ1n) is 6.15. The van der Waals surface area contributed by atoms with Crippen molar-refractivity contribution < 1.29 is 9.90 Å². The second-order valence-corrected chi connectivity index (χ2v) is 5.35. The molecule has 0 saturated heterocycles. The van der Waals surface area contributed by atoms with E-state index >= 15 is 0 Å². The smallest absolute Gasteiger partial charge is 0.314 e. The first kappa shape index (κ1) is 14.8. The summed E-state index contributed by atoms with van der Waals surface area (Å²) >= 11 is 5.98. The average Bonchev–Trinajstić information content (AvgIpc) is 2.28. The molecule has 0 heterocycles. The Morgan fingerprint density at radius 1 is 1.50 bits per heavy atom. The van der Waals surface area contributed by atoms with Crippen molar-refractivity contribution in [2.75, 3.05) is 5.73 Å². The van der Waals surface area contributed by atoms with Gasteiger partial charge in [-0.3, -0.25) is 4.79 Å². The van der Waals surface area contributed by atoms with Gasteiger partial charge in [-0.2, -0.15) is 0 Å². The van der Waals surface area contributed by atoms with E-state index in [-0.39, 0.29) is 5.92 Å². The summed E-state index contributed by atoms with van der Waals surface area (Å²) in [6.07, 6.45) is 1.32. The van der Waals surface area contributed by atoms with E-state index in [1.807, 2.05) is 20.8 Å². The van der Waals surface area contributed by atoms with Gasteiger partial charge in [0.1, 0.15) is 0 Å². The molecule has 3 N–H and O–H groups in total. The molecule has 0 amide bonds. The highest BCUT2D eigenvalue weighted by molar-refractivity contribution is 6.30. The SMILES string of the molecule is CCCC(C(=O)O)(c1cc(Cl)ccc1N)C(C)C. The predicted molar refractivity (Wildman–Crippen MR) is 74.9 cm³/mol. The van der Waals surface area contributed by atoms with Gasteiger partial charge in [-0.1, -0.05) is 38.8 Å². The summed E-state index contributed by atoms with van der Waals surface area (Å²) in [5.41, 5.74) is 6.11. The van der Waals surface area contributed by atoms with E-state index in [1.165, 1.54) is 0 Å². The number of hydrogen-bond donors (Lipinski definition) is 2. The Morgan fingerprint density at radius 3 is 2.56 bits per heavy atom. The van der Waals surface area contributed by atoms with E-state index < -0.39 is 11.4 Å². The van der Waals surface area contributed by atoms with Crippen molar-refractivity contribution in [2.45, 2.75) is 39.0 Å². The highest BCUT2D eigenvalue weighted by Crippen LogP contribution is 2.41. The third kappa shape index (κ3) is 2.46. The number of benzene rings is 1. The summed E-state index contributed by atoms with van der Waals surface area (Å²) in [7, 11) is 0. The number of carboxylic acids is 1. The molecule has 18 heavy (non-hydrogen) atoms. The quantitative estimate of drug-likeness (QED) is 0.801. The zero-order chi connectivity index (χ0) is 13.9. The molecule has 100 valence electrons. The highest BCUT2D eigenvalue weighted by atomic mass is 35.5. The first-order chi connectivity index (χ1) is 8.36. The lowest BCUT2D eigenvalue weighted by Gasteiger charge is -2.34. The summed E-state index contributed by atoms with van der Waals surface area (Å²) in [6.45, 7) is 5.79. The maximum absolute atomic E-state index is 11.8. The molecule has 3 nitrogen and oxygen atoms in total. The number of hydrogen-bond acceptors (Lipinski definition) is 2. The van der Waals surface area contributed by atoms with Crippen LogP contribution in [0.1, 0.15) is 39.2 Å². The van der Waals surface area contributed by atoms with Crippen LogP contribution in [0.15, 0.2) is 18.2 Å². The van der Waals surface area contributed by atoms with Gasteiger partial charge in [-0.05, 0) is 36.1 Å². The summed E-state index contributed by atoms with van der Waals surface area (Å²) < 4.78 is 0. The molecule has 1 aromatic rings. The Hall–Kier alpha value is -1.22. The van der Waals surface area contributed by atoms with Crippen LogP contribution in [-0.4, -0.2) is 11.1 Å². The molecule has 0 aliphatic rings. The number of carboxylic acid groups (broad SMARTS) is 1. The Labute approximate surface area is 113 Å². The van der Waals surface area contributed by atoms with Gasteiger partial charge in [-0.25, -0.2) is 0 Å². The van der Waals surface area contributed by atoms with Crippen molar-refractivity contribution in [3.63, 3.8) is 0 Å². The summed E-state index contributed by atoms with van der Waals surface area (Å²) in [6, 6.07) is 5.04. The van der Waals surface area contributed by atoms with Crippen LogP contribution < -0.4 is 5.73 Å². The molecule has 0 spiro atoms. The normalized spacial score (nSPS) is 14.5. The van der Waals surface area contributed by atoms with E-state index in [4.69, 9.17) is 17.3 Å². The van der Waals surface area contributed by atoms with Gasteiger partial charge < -0.3 is 10.8 Å². The molecule has 1 unspecified atom stereocenters. The van der Waals surface area contributed by atoms with Crippen LogP contribution in [0.2, 0.25) is 5.02 Å². The van der Waals surface area contributed by atoms with Gasteiger partial charge in [0.25, 0.3) is 0 Å². The number of nitrogen functional groups attached to an aromatic ring is 1. The number of carbonyl (C=O) groups is 1. The van der Waals surface area contributed by atoms with Crippen molar-refractivity contribution in [3.8, 4) is 0 Å². The number of rotatable bonds is 5. The second kappa shape index (κ2) is 5.61. The average molecular weight is 270 g/mol. The molecule has 0 fully saturated rings. The minimum Gasteiger partial charge on any atom is -0.481 e. The molecular formula is C14H20ClNO2. The first-order valence-corrected chi connectivity index (χ1v) is 6.53. The van der Waals surface area contributed by atoms with Crippen LogP contribution >= 0.6 is 11.6 Å². The van der Waals surface area contributed by atoms with E-state index in [9.17, 15) is 9.90 Å². The molecular weight excluding hydrogens is 250 g/mol. The van der Waals surface area contributed by atoms with Gasteiger partial charge in [-0.15, -0.1) is 0 Å². The molecule has 0 aliphatic carbocycles. The molecule has 1 rings (SSSR count). The summed E-state index contributed by atoms with van der Waals surface area (Å²) in [5.74, 6) is -0.899. The fourth-order valence-corrected chi connectivity index (χ4v) is 2.68. The number of aliphatic carboxylic acids is 1. The van der Waals surface area contributed by atoms with E-state index in [1.54, 1.807) is 18.2 Å². The van der Waals surface area contributed by atoms with Crippen LogP contribution in [0, 0.1) is 5.92 Å². The van der Waals surface area contributed by atoms with Crippen molar-refractivity contribution in [2.24, 2.45) is 5.92 Å². The lowest BCUT2D eigenvalue weighted by molar-refractivity contribution is -0.146. The van der Waals surface area contributed by atoms with E-state index in [2.05, 4.69) is 0 Å². The van der Waals surface area contributed by atoms with Crippen molar-refractivity contribution in [1.29, 1.82) is 0 Å². The van der Waals surface area contributed by atoms with Gasteiger partial charge in [0.2, 0.25) is 0 Å². The Morgan fingerprint density at radius 2 is 2.11 bits per heavy atom. The van der Waals surface area contributed by atoms with Crippen molar-refractivity contribution in [3.05, 3.63) is 28.8 Å². The third-order valence-corrected chi connectivity index (χ3v) is 3.74. The lowest BCUT2D eigenvalue weighted by atomic mass is 9.68. The highest BCUT2D eigenvalue weighted by Gasteiger charge is 2.43. The minimum atomic E-state index is -0.969. The fourth-order valence-electron chi connectivity index (χ4n) is 2.51. The molecule has 0 aliphatic heterocycles. The van der Waals surface area contributed by atoms with Gasteiger partial charge in [0.15, 0.2) is 0 Å². The van der Waals surface area contributed by atoms with Crippen LogP contribution in [0.3, 0.4) is 0 Å². The summed E-state index contributed by atoms with van der Waals surface area (Å²) in [5, 5.41) is 10.2. The molecule has 0 saturated carbocycles. The molecule has 0 bridgehead atoms. The van der Waals surface area contributed by atoms with E-state index in [0.717, 1.165) is 6.42 Å². The monoisotopic (exact) mass is 269 g/mol. The Kier molecular flexibility index (Phi) is 4.63. The molecule has 0 radical (unpaired) electrons. The van der Waals surface area contributed by atoms with Crippen molar-refractivity contribution >= 4 is 23.3 Å². The van der Waals surface area contributed by atoms with E-state index in [0.29, 0.717) is 22.7 Å². The number of halogens is 1. The topological polar surface area (TPSA) is 63.3 Å².